The van der Waals surface area contributed by atoms with Gasteiger partial charge in [-0.25, -0.2) is 0 Å². The lowest BCUT2D eigenvalue weighted by atomic mass is 9.43. The van der Waals surface area contributed by atoms with Crippen LogP contribution in [0.25, 0.3) is 0 Å². The van der Waals surface area contributed by atoms with Crippen molar-refractivity contribution in [2.75, 3.05) is 13.2 Å². The molecule has 4 aliphatic rings. The summed E-state index contributed by atoms with van der Waals surface area (Å²) in [4.78, 5) is 27.9. The van der Waals surface area contributed by atoms with Crippen molar-refractivity contribution >= 4 is 12.3 Å². The molecule has 1 aromatic rings. The number of benzene rings is 1. The standard InChI is InChI=1S/C30H40O5/c1-19(2)26-12-23-13-28(17-31)25-11-10-20(3)24(25)14-29(23,18-34-15-21(4)32)30(26,28)27(33)35-16-22-8-6-5-7-9-22/h5-9,12,17,19-21,23-25,32H,10-11,13-16,18H2,1-4H3/t20-,21-,23+,24-,25-,28+,29+,30+/m1/s1. The molecule has 5 rings (SSSR count). The van der Waals surface area contributed by atoms with Crippen LogP contribution in [-0.4, -0.2) is 36.7 Å². The molecule has 35 heavy (non-hydrogen) atoms. The van der Waals surface area contributed by atoms with Crippen molar-refractivity contribution in [2.45, 2.75) is 66.1 Å². The number of aliphatic hydroxyl groups is 1. The number of fused-ring (bicyclic) bond motifs is 2. The summed E-state index contributed by atoms with van der Waals surface area (Å²) >= 11 is 0. The highest BCUT2D eigenvalue weighted by Crippen LogP contribution is 2.82. The van der Waals surface area contributed by atoms with Gasteiger partial charge in [0.1, 0.15) is 18.3 Å². The van der Waals surface area contributed by atoms with E-state index in [1.807, 2.05) is 30.3 Å². The van der Waals surface area contributed by atoms with Crippen LogP contribution < -0.4 is 0 Å². The fraction of sp³-hybridized carbons (Fsp3) is 0.667. The smallest absolute Gasteiger partial charge is 0.318 e. The summed E-state index contributed by atoms with van der Waals surface area (Å²) in [5.74, 6) is 1.07. The van der Waals surface area contributed by atoms with Crippen LogP contribution in [0.15, 0.2) is 42.0 Å². The molecule has 3 saturated carbocycles. The molecule has 4 bridgehead atoms. The highest BCUT2D eigenvalue weighted by molar-refractivity contribution is 5.91. The van der Waals surface area contributed by atoms with Crippen LogP contribution in [0.3, 0.4) is 0 Å². The van der Waals surface area contributed by atoms with Gasteiger partial charge in [-0.05, 0) is 61.3 Å². The van der Waals surface area contributed by atoms with Gasteiger partial charge in [0.25, 0.3) is 0 Å². The van der Waals surface area contributed by atoms with E-state index in [1.165, 1.54) is 0 Å². The maximum Gasteiger partial charge on any atom is 0.318 e. The average Bonchev–Trinajstić information content (AvgIpc) is 3.40. The first kappa shape index (κ1) is 24.7. The third-order valence-corrected chi connectivity index (χ3v) is 10.0. The van der Waals surface area contributed by atoms with Gasteiger partial charge in [0, 0.05) is 5.41 Å². The zero-order chi connectivity index (χ0) is 25.0. The van der Waals surface area contributed by atoms with Gasteiger partial charge in [-0.2, -0.15) is 0 Å². The lowest BCUT2D eigenvalue weighted by Gasteiger charge is -2.58. The maximum atomic E-state index is 14.5. The molecular formula is C30H40O5. The summed E-state index contributed by atoms with van der Waals surface area (Å²) in [6.07, 6.45) is 6.52. The van der Waals surface area contributed by atoms with E-state index in [0.29, 0.717) is 24.9 Å². The van der Waals surface area contributed by atoms with Crippen molar-refractivity contribution in [3.05, 3.63) is 47.5 Å². The number of hydrogen-bond acceptors (Lipinski definition) is 5. The topological polar surface area (TPSA) is 72.8 Å². The molecule has 5 nitrogen and oxygen atoms in total. The number of ether oxygens (including phenoxy) is 2. The summed E-state index contributed by atoms with van der Waals surface area (Å²) in [5, 5.41) is 9.92. The van der Waals surface area contributed by atoms with Gasteiger partial charge in [-0.1, -0.05) is 69.2 Å². The Hall–Kier alpha value is -1.98. The molecule has 0 unspecified atom stereocenters. The number of hydrogen-bond donors (Lipinski definition) is 1. The Morgan fingerprint density at radius 2 is 1.91 bits per heavy atom. The summed E-state index contributed by atoms with van der Waals surface area (Å²) in [6, 6.07) is 9.76. The molecule has 0 aliphatic heterocycles. The Bertz CT molecular complexity index is 999. The van der Waals surface area contributed by atoms with Gasteiger partial charge in [0.15, 0.2) is 0 Å². The first-order chi connectivity index (χ1) is 16.7. The molecule has 3 fully saturated rings. The Kier molecular flexibility index (Phi) is 6.24. The highest BCUT2D eigenvalue weighted by Gasteiger charge is 2.84. The number of aldehydes is 1. The zero-order valence-electron chi connectivity index (χ0n) is 21.5. The Labute approximate surface area is 209 Å². The predicted octanol–water partition coefficient (Wildman–Crippen LogP) is 4.97. The second kappa shape index (κ2) is 8.85. The fourth-order valence-electron chi connectivity index (χ4n) is 8.85. The number of carbonyl (C=O) groups is 2. The molecule has 1 N–H and O–H groups in total. The van der Waals surface area contributed by atoms with Gasteiger partial charge in [0.2, 0.25) is 0 Å². The van der Waals surface area contributed by atoms with Gasteiger partial charge in [-0.3, -0.25) is 4.79 Å². The van der Waals surface area contributed by atoms with Crippen LogP contribution >= 0.6 is 0 Å². The van der Waals surface area contributed by atoms with Crippen LogP contribution in [0.5, 0.6) is 0 Å². The summed E-state index contributed by atoms with van der Waals surface area (Å²) < 4.78 is 12.3. The lowest BCUT2D eigenvalue weighted by molar-refractivity contribution is -0.193. The van der Waals surface area contributed by atoms with E-state index in [-0.39, 0.29) is 36.9 Å². The van der Waals surface area contributed by atoms with E-state index < -0.39 is 22.3 Å². The molecule has 0 aromatic heterocycles. The van der Waals surface area contributed by atoms with Crippen molar-refractivity contribution in [2.24, 2.45) is 45.8 Å². The van der Waals surface area contributed by atoms with E-state index in [9.17, 15) is 14.7 Å². The van der Waals surface area contributed by atoms with E-state index >= 15 is 0 Å². The molecular weight excluding hydrogens is 440 g/mol. The van der Waals surface area contributed by atoms with Crippen LogP contribution in [0.4, 0.5) is 0 Å². The van der Waals surface area contributed by atoms with Crippen molar-refractivity contribution in [1.82, 2.24) is 0 Å². The van der Waals surface area contributed by atoms with Crippen LogP contribution in [-0.2, 0) is 25.7 Å². The Morgan fingerprint density at radius 3 is 2.57 bits per heavy atom. The summed E-state index contributed by atoms with van der Waals surface area (Å²) in [6.45, 7) is 9.06. The minimum absolute atomic E-state index is 0.0983. The molecule has 0 saturated heterocycles. The van der Waals surface area contributed by atoms with E-state index in [2.05, 4.69) is 26.8 Å². The van der Waals surface area contributed by atoms with Crippen molar-refractivity contribution in [3.8, 4) is 0 Å². The van der Waals surface area contributed by atoms with Crippen molar-refractivity contribution in [1.29, 1.82) is 0 Å². The monoisotopic (exact) mass is 480 g/mol. The van der Waals surface area contributed by atoms with E-state index in [1.54, 1.807) is 6.92 Å². The van der Waals surface area contributed by atoms with Crippen molar-refractivity contribution in [3.63, 3.8) is 0 Å². The quantitative estimate of drug-likeness (QED) is 0.307. The third kappa shape index (κ3) is 3.26. The number of esters is 1. The number of allylic oxidation sites excluding steroid dienone is 1. The molecule has 0 spiro atoms. The highest BCUT2D eigenvalue weighted by atomic mass is 16.5. The second-order valence-corrected chi connectivity index (χ2v) is 12.1. The van der Waals surface area contributed by atoms with Crippen LogP contribution in [0.1, 0.15) is 58.9 Å². The van der Waals surface area contributed by atoms with Crippen LogP contribution in [0.2, 0.25) is 0 Å². The Balaban J connectivity index is 1.63. The molecule has 5 heteroatoms. The van der Waals surface area contributed by atoms with Gasteiger partial charge < -0.3 is 19.4 Å². The third-order valence-electron chi connectivity index (χ3n) is 10.0. The molecule has 4 aliphatic carbocycles. The minimum Gasteiger partial charge on any atom is -0.460 e. The Morgan fingerprint density at radius 1 is 1.17 bits per heavy atom. The molecule has 190 valence electrons. The van der Waals surface area contributed by atoms with Gasteiger partial charge >= 0.3 is 5.97 Å². The molecule has 0 amide bonds. The molecule has 0 heterocycles. The second-order valence-electron chi connectivity index (χ2n) is 12.1. The fourth-order valence-corrected chi connectivity index (χ4v) is 8.85. The largest absolute Gasteiger partial charge is 0.460 e. The first-order valence-corrected chi connectivity index (χ1v) is 13.4. The van der Waals surface area contributed by atoms with E-state index in [0.717, 1.165) is 36.7 Å². The maximum absolute atomic E-state index is 14.5. The number of aliphatic hydroxyl groups excluding tert-OH is 1. The average molecular weight is 481 g/mol. The summed E-state index contributed by atoms with van der Waals surface area (Å²) in [7, 11) is 0. The zero-order valence-corrected chi connectivity index (χ0v) is 21.5. The SMILES string of the molecule is CC(C)C1=C[C@H]2C[C@]3(C=O)[C@@H]4CC[C@@H](C)[C@H]4C[C@@]2(COC[C@@H](C)O)[C@]13C(=O)OCc1ccccc1. The lowest BCUT2D eigenvalue weighted by Crippen LogP contribution is -2.64. The number of carbonyl (C=O) groups excluding carboxylic acids is 2. The molecule has 0 radical (unpaired) electrons. The first-order valence-electron chi connectivity index (χ1n) is 13.4. The molecule has 1 aromatic carbocycles. The van der Waals surface area contributed by atoms with Crippen molar-refractivity contribution < 1.29 is 24.2 Å². The predicted molar refractivity (Wildman–Crippen MR) is 133 cm³/mol. The number of rotatable bonds is 9. The van der Waals surface area contributed by atoms with Crippen LogP contribution in [0, 0.1) is 45.8 Å². The van der Waals surface area contributed by atoms with Gasteiger partial charge in [0.05, 0.1) is 24.7 Å². The summed E-state index contributed by atoms with van der Waals surface area (Å²) in [5.41, 5.74) is -0.286. The van der Waals surface area contributed by atoms with E-state index in [4.69, 9.17) is 9.47 Å². The normalized spacial score (nSPS) is 39.9. The molecule has 8 atom stereocenters. The van der Waals surface area contributed by atoms with Gasteiger partial charge in [-0.15, -0.1) is 0 Å². The minimum atomic E-state index is -1.01.